The van der Waals surface area contributed by atoms with Crippen LogP contribution in [0.3, 0.4) is 0 Å². The third-order valence-electron chi connectivity index (χ3n) is 3.86. The highest BCUT2D eigenvalue weighted by Crippen LogP contribution is 2.35. The van der Waals surface area contributed by atoms with Gasteiger partial charge in [0.2, 0.25) is 5.82 Å². The lowest BCUT2D eigenvalue weighted by molar-refractivity contribution is 0.00697. The quantitative estimate of drug-likeness (QED) is 0.794. The standard InChI is InChI=1S/C17H19N3O2/c1-17(2,3)22-16(21)11-7-8-14-13(9-11)19-15(10-18)20(14)12-5-4-6-12/h7-9,12H,4-6H2,1-3H3. The van der Waals surface area contributed by atoms with Gasteiger partial charge in [0, 0.05) is 6.04 Å². The molecule has 114 valence electrons. The third kappa shape index (κ3) is 2.57. The van der Waals surface area contributed by atoms with Gasteiger partial charge in [-0.2, -0.15) is 5.26 Å². The molecule has 22 heavy (non-hydrogen) atoms. The van der Waals surface area contributed by atoms with Crippen molar-refractivity contribution in [2.75, 3.05) is 0 Å². The van der Waals surface area contributed by atoms with Crippen molar-refractivity contribution < 1.29 is 9.53 Å². The molecule has 1 aliphatic rings. The third-order valence-corrected chi connectivity index (χ3v) is 3.86. The molecular weight excluding hydrogens is 278 g/mol. The van der Waals surface area contributed by atoms with Crippen LogP contribution in [0.5, 0.6) is 0 Å². The maximum absolute atomic E-state index is 12.1. The summed E-state index contributed by atoms with van der Waals surface area (Å²) < 4.78 is 7.38. The minimum atomic E-state index is -0.533. The van der Waals surface area contributed by atoms with Crippen LogP contribution in [0.25, 0.3) is 11.0 Å². The molecule has 0 N–H and O–H groups in total. The summed E-state index contributed by atoms with van der Waals surface area (Å²) in [5.74, 6) is 0.0483. The molecule has 0 radical (unpaired) electrons. The lowest BCUT2D eigenvalue weighted by Crippen LogP contribution is -2.23. The van der Waals surface area contributed by atoms with Crippen molar-refractivity contribution in [1.29, 1.82) is 5.26 Å². The molecule has 5 heteroatoms. The molecule has 0 amide bonds. The number of carbonyl (C=O) groups is 1. The van der Waals surface area contributed by atoms with Crippen LogP contribution in [0.1, 0.15) is 62.3 Å². The van der Waals surface area contributed by atoms with Crippen LogP contribution in [0.4, 0.5) is 0 Å². The van der Waals surface area contributed by atoms with Crippen LogP contribution in [-0.2, 0) is 4.74 Å². The molecule has 1 aromatic heterocycles. The number of fused-ring (bicyclic) bond motifs is 1. The van der Waals surface area contributed by atoms with Crippen molar-refractivity contribution in [2.24, 2.45) is 0 Å². The van der Waals surface area contributed by atoms with E-state index in [1.54, 1.807) is 12.1 Å². The molecule has 1 saturated carbocycles. The van der Waals surface area contributed by atoms with Gasteiger partial charge in [-0.15, -0.1) is 0 Å². The normalized spacial score (nSPS) is 15.4. The Morgan fingerprint density at radius 1 is 1.41 bits per heavy atom. The number of rotatable bonds is 2. The van der Waals surface area contributed by atoms with E-state index >= 15 is 0 Å². The first-order valence-corrected chi connectivity index (χ1v) is 7.54. The average Bonchev–Trinajstić information content (AvgIpc) is 2.73. The number of aromatic nitrogens is 2. The van der Waals surface area contributed by atoms with E-state index in [1.807, 2.05) is 31.4 Å². The van der Waals surface area contributed by atoms with Crippen molar-refractivity contribution in [3.05, 3.63) is 29.6 Å². The fourth-order valence-corrected chi connectivity index (χ4v) is 2.66. The molecule has 1 aliphatic carbocycles. The molecule has 5 nitrogen and oxygen atoms in total. The van der Waals surface area contributed by atoms with Crippen LogP contribution in [0, 0.1) is 11.3 Å². The Kier molecular flexibility index (Phi) is 3.40. The minimum absolute atomic E-state index is 0.354. The average molecular weight is 297 g/mol. The summed E-state index contributed by atoms with van der Waals surface area (Å²) in [6.45, 7) is 5.51. The van der Waals surface area contributed by atoms with Crippen molar-refractivity contribution in [1.82, 2.24) is 9.55 Å². The molecule has 0 unspecified atom stereocenters. The fourth-order valence-electron chi connectivity index (χ4n) is 2.66. The highest BCUT2D eigenvalue weighted by Gasteiger charge is 2.25. The molecule has 1 heterocycles. The Morgan fingerprint density at radius 3 is 2.68 bits per heavy atom. The lowest BCUT2D eigenvalue weighted by atomic mass is 9.92. The van der Waals surface area contributed by atoms with E-state index in [9.17, 15) is 10.1 Å². The molecule has 1 fully saturated rings. The van der Waals surface area contributed by atoms with E-state index in [4.69, 9.17) is 4.74 Å². The van der Waals surface area contributed by atoms with Gasteiger partial charge in [0.15, 0.2) is 0 Å². The molecule has 0 bridgehead atoms. The Morgan fingerprint density at radius 2 is 2.14 bits per heavy atom. The van der Waals surface area contributed by atoms with Gasteiger partial charge >= 0.3 is 5.97 Å². The Hall–Kier alpha value is -2.35. The highest BCUT2D eigenvalue weighted by molar-refractivity contribution is 5.94. The zero-order valence-corrected chi connectivity index (χ0v) is 13.1. The second-order valence-electron chi connectivity index (χ2n) is 6.71. The fraction of sp³-hybridized carbons (Fsp3) is 0.471. The predicted molar refractivity (Wildman–Crippen MR) is 82.5 cm³/mol. The minimum Gasteiger partial charge on any atom is -0.456 e. The molecule has 0 aliphatic heterocycles. The number of hydrogen-bond donors (Lipinski definition) is 0. The highest BCUT2D eigenvalue weighted by atomic mass is 16.6. The Bertz CT molecular complexity index is 774. The number of ether oxygens (including phenoxy) is 1. The van der Waals surface area contributed by atoms with Crippen LogP contribution in [0.2, 0.25) is 0 Å². The van der Waals surface area contributed by atoms with Crippen LogP contribution >= 0.6 is 0 Å². The Labute approximate surface area is 129 Å². The van der Waals surface area contributed by atoms with Gasteiger partial charge in [0.1, 0.15) is 11.7 Å². The smallest absolute Gasteiger partial charge is 0.338 e. The van der Waals surface area contributed by atoms with Gasteiger partial charge in [-0.05, 0) is 58.2 Å². The second-order valence-corrected chi connectivity index (χ2v) is 6.71. The lowest BCUT2D eigenvalue weighted by Gasteiger charge is -2.28. The van der Waals surface area contributed by atoms with Gasteiger partial charge in [0.05, 0.1) is 16.6 Å². The number of imidazole rings is 1. The van der Waals surface area contributed by atoms with Crippen LogP contribution in [0.15, 0.2) is 18.2 Å². The van der Waals surface area contributed by atoms with Gasteiger partial charge in [-0.1, -0.05) is 0 Å². The summed E-state index contributed by atoms with van der Waals surface area (Å²) in [5.41, 5.74) is 1.51. The van der Waals surface area contributed by atoms with Gasteiger partial charge in [0.25, 0.3) is 0 Å². The van der Waals surface area contributed by atoms with Gasteiger partial charge < -0.3 is 9.30 Å². The first-order valence-electron chi connectivity index (χ1n) is 7.54. The number of nitriles is 1. The summed E-state index contributed by atoms with van der Waals surface area (Å²) >= 11 is 0. The van der Waals surface area contributed by atoms with Crippen molar-refractivity contribution in [3.63, 3.8) is 0 Å². The number of nitrogens with zero attached hydrogens (tertiary/aromatic N) is 3. The first kappa shape index (κ1) is 14.6. The summed E-state index contributed by atoms with van der Waals surface area (Å²) in [4.78, 5) is 16.5. The van der Waals surface area contributed by atoms with Crippen LogP contribution in [-0.4, -0.2) is 21.1 Å². The maximum Gasteiger partial charge on any atom is 0.338 e. The monoisotopic (exact) mass is 297 g/mol. The molecule has 0 saturated heterocycles. The van der Waals surface area contributed by atoms with E-state index in [0.717, 1.165) is 18.4 Å². The number of carbonyl (C=O) groups excluding carboxylic acids is 1. The summed E-state index contributed by atoms with van der Waals surface area (Å²) in [7, 11) is 0. The maximum atomic E-state index is 12.1. The first-order chi connectivity index (χ1) is 10.4. The molecule has 3 rings (SSSR count). The van der Waals surface area contributed by atoms with Gasteiger partial charge in [-0.3, -0.25) is 0 Å². The van der Waals surface area contributed by atoms with Crippen LogP contribution < -0.4 is 0 Å². The summed E-state index contributed by atoms with van der Waals surface area (Å²) in [6.07, 6.45) is 3.34. The van der Waals surface area contributed by atoms with E-state index in [2.05, 4.69) is 11.1 Å². The molecule has 1 aromatic carbocycles. The van der Waals surface area contributed by atoms with E-state index < -0.39 is 5.60 Å². The predicted octanol–water partition coefficient (Wildman–Crippen LogP) is 3.59. The zero-order chi connectivity index (χ0) is 15.9. The second kappa shape index (κ2) is 5.13. The summed E-state index contributed by atoms with van der Waals surface area (Å²) in [6, 6.07) is 7.82. The number of esters is 1. The molecule has 0 spiro atoms. The van der Waals surface area contributed by atoms with Gasteiger partial charge in [-0.25, -0.2) is 9.78 Å². The van der Waals surface area contributed by atoms with Crippen molar-refractivity contribution >= 4 is 17.0 Å². The SMILES string of the molecule is CC(C)(C)OC(=O)c1ccc2c(c1)nc(C#N)n2C1CCC1. The molecular formula is C17H19N3O2. The summed E-state index contributed by atoms with van der Waals surface area (Å²) in [5, 5.41) is 9.29. The molecule has 0 atom stereocenters. The zero-order valence-electron chi connectivity index (χ0n) is 13.1. The number of hydrogen-bond acceptors (Lipinski definition) is 4. The van der Waals surface area contributed by atoms with E-state index in [-0.39, 0.29) is 5.97 Å². The number of benzene rings is 1. The van der Waals surface area contributed by atoms with E-state index in [1.165, 1.54) is 6.42 Å². The Balaban J connectivity index is 2.01. The van der Waals surface area contributed by atoms with Crippen molar-refractivity contribution in [3.8, 4) is 6.07 Å². The largest absolute Gasteiger partial charge is 0.456 e. The van der Waals surface area contributed by atoms with E-state index in [0.29, 0.717) is 22.9 Å². The van der Waals surface area contributed by atoms with Crippen molar-refractivity contribution in [2.45, 2.75) is 51.7 Å². The molecule has 2 aromatic rings. The topological polar surface area (TPSA) is 67.9 Å².